The molecule has 166 valence electrons. The van der Waals surface area contributed by atoms with Gasteiger partial charge < -0.3 is 25.8 Å². The van der Waals surface area contributed by atoms with Crippen LogP contribution in [0.4, 0.5) is 11.4 Å². The number of unbranched alkanes of at least 4 members (excludes halogenated alkanes) is 1. The number of hydrogen-bond acceptors (Lipinski definition) is 5. The molecule has 2 aromatic carbocycles. The van der Waals surface area contributed by atoms with E-state index in [4.69, 9.17) is 4.74 Å². The van der Waals surface area contributed by atoms with Crippen LogP contribution in [0.15, 0.2) is 49.0 Å². The second kappa shape index (κ2) is 15.2. The molecule has 0 amide bonds. The fourth-order valence-electron chi connectivity index (χ4n) is 2.72. The van der Waals surface area contributed by atoms with Crippen molar-refractivity contribution in [1.82, 2.24) is 5.32 Å². The molecule has 2 rings (SSSR count). The average molecular weight is 414 g/mol. The van der Waals surface area contributed by atoms with Crippen molar-refractivity contribution in [3.05, 3.63) is 54.6 Å². The molecule has 0 fully saturated rings. The Morgan fingerprint density at radius 2 is 1.57 bits per heavy atom. The number of ether oxygens (including phenoxy) is 1. The number of anilines is 2. The second-order valence-electron chi connectivity index (χ2n) is 6.93. The summed E-state index contributed by atoms with van der Waals surface area (Å²) >= 11 is 0. The van der Waals surface area contributed by atoms with Crippen LogP contribution in [-0.2, 0) is 0 Å². The Hall–Kier alpha value is -2.66. The standard InChI is InChI=1S/C20H26N2O2.C5H13N/c1-4-6-12-22-19-14-16(15(3)23)13-18(21-5-2)20(19)24-17-10-8-7-9-11-17;1-3-5-6-4-2/h7-11,13-14,21-23H,3-6,12H2,1-2H3;6H,3-5H2,1-2H3. The van der Waals surface area contributed by atoms with Gasteiger partial charge in [0.15, 0.2) is 5.75 Å². The topological polar surface area (TPSA) is 65.5 Å². The van der Waals surface area contributed by atoms with Crippen molar-refractivity contribution in [1.29, 1.82) is 0 Å². The molecule has 0 bridgehead atoms. The van der Waals surface area contributed by atoms with E-state index in [0.717, 1.165) is 61.9 Å². The summed E-state index contributed by atoms with van der Waals surface area (Å²) in [7, 11) is 0. The Morgan fingerprint density at radius 3 is 2.07 bits per heavy atom. The summed E-state index contributed by atoms with van der Waals surface area (Å²) in [5.41, 5.74) is 2.34. The van der Waals surface area contributed by atoms with E-state index in [1.165, 1.54) is 6.42 Å². The molecule has 0 aromatic heterocycles. The normalized spacial score (nSPS) is 10.0. The van der Waals surface area contributed by atoms with Crippen LogP contribution in [0.2, 0.25) is 0 Å². The Bertz CT molecular complexity index is 729. The Morgan fingerprint density at radius 1 is 0.900 bits per heavy atom. The maximum Gasteiger partial charge on any atom is 0.173 e. The molecule has 2 aromatic rings. The van der Waals surface area contributed by atoms with Crippen molar-refractivity contribution in [3.8, 4) is 11.5 Å². The molecule has 0 heterocycles. The highest BCUT2D eigenvalue weighted by molar-refractivity contribution is 5.78. The summed E-state index contributed by atoms with van der Waals surface area (Å²) in [4.78, 5) is 0. The Balaban J connectivity index is 0.000000656. The third-order valence-corrected chi connectivity index (χ3v) is 4.28. The minimum atomic E-state index is 0.0407. The van der Waals surface area contributed by atoms with Gasteiger partial charge in [0.05, 0.1) is 11.4 Å². The smallest absolute Gasteiger partial charge is 0.173 e. The summed E-state index contributed by atoms with van der Waals surface area (Å²) in [5.74, 6) is 1.54. The molecule has 30 heavy (non-hydrogen) atoms. The molecular formula is C25H39N3O2. The van der Waals surface area contributed by atoms with Gasteiger partial charge in [-0.2, -0.15) is 0 Å². The lowest BCUT2D eigenvalue weighted by Gasteiger charge is -2.19. The maximum atomic E-state index is 9.80. The van der Waals surface area contributed by atoms with Crippen molar-refractivity contribution in [2.45, 2.75) is 47.0 Å². The van der Waals surface area contributed by atoms with E-state index in [1.54, 1.807) is 0 Å². The highest BCUT2D eigenvalue weighted by Gasteiger charge is 2.14. The molecule has 0 radical (unpaired) electrons. The van der Waals surface area contributed by atoms with Gasteiger partial charge in [0.25, 0.3) is 0 Å². The van der Waals surface area contributed by atoms with E-state index in [1.807, 2.05) is 49.4 Å². The molecule has 0 saturated heterocycles. The molecule has 5 heteroatoms. The zero-order chi connectivity index (χ0) is 22.2. The van der Waals surface area contributed by atoms with Crippen molar-refractivity contribution in [2.75, 3.05) is 36.8 Å². The van der Waals surface area contributed by atoms with Gasteiger partial charge in [-0.15, -0.1) is 0 Å². The van der Waals surface area contributed by atoms with E-state index in [-0.39, 0.29) is 5.76 Å². The highest BCUT2D eigenvalue weighted by Crippen LogP contribution is 2.39. The first-order valence-corrected chi connectivity index (χ1v) is 11.0. The molecule has 0 atom stereocenters. The fourth-order valence-corrected chi connectivity index (χ4v) is 2.72. The SMILES string of the molecule is C=C(O)c1cc(NCC)c(Oc2ccccc2)c(NCCCC)c1.CCCNCC. The number of para-hydroxylation sites is 1. The number of hydrogen-bond donors (Lipinski definition) is 4. The number of benzene rings is 2. The van der Waals surface area contributed by atoms with Crippen LogP contribution >= 0.6 is 0 Å². The first-order chi connectivity index (χ1) is 14.6. The van der Waals surface area contributed by atoms with Crippen LogP contribution in [0, 0.1) is 0 Å². The van der Waals surface area contributed by atoms with Gasteiger partial charge in [0.2, 0.25) is 0 Å². The fraction of sp³-hybridized carbons (Fsp3) is 0.440. The van der Waals surface area contributed by atoms with Crippen LogP contribution in [0.25, 0.3) is 5.76 Å². The van der Waals surface area contributed by atoms with E-state index in [0.29, 0.717) is 5.56 Å². The summed E-state index contributed by atoms with van der Waals surface area (Å²) < 4.78 is 6.12. The summed E-state index contributed by atoms with van der Waals surface area (Å²) in [6.45, 7) is 16.0. The van der Waals surface area contributed by atoms with E-state index < -0.39 is 0 Å². The third kappa shape index (κ3) is 9.23. The van der Waals surface area contributed by atoms with Gasteiger partial charge in [0, 0.05) is 18.7 Å². The minimum Gasteiger partial charge on any atom is -0.508 e. The number of aliphatic hydroxyl groups is 1. The van der Waals surface area contributed by atoms with Crippen LogP contribution in [-0.4, -0.2) is 31.3 Å². The van der Waals surface area contributed by atoms with Crippen LogP contribution in [0.5, 0.6) is 11.5 Å². The molecular weight excluding hydrogens is 374 g/mol. The van der Waals surface area contributed by atoms with E-state index in [2.05, 4.69) is 43.3 Å². The van der Waals surface area contributed by atoms with Crippen molar-refractivity contribution in [3.63, 3.8) is 0 Å². The second-order valence-corrected chi connectivity index (χ2v) is 6.93. The molecule has 4 N–H and O–H groups in total. The molecule has 0 aliphatic carbocycles. The third-order valence-electron chi connectivity index (χ3n) is 4.28. The summed E-state index contributed by atoms with van der Waals surface area (Å²) in [6, 6.07) is 13.4. The summed E-state index contributed by atoms with van der Waals surface area (Å²) in [5, 5.41) is 19.7. The Labute approximate surface area is 182 Å². The lowest BCUT2D eigenvalue weighted by atomic mass is 10.1. The van der Waals surface area contributed by atoms with Crippen molar-refractivity contribution >= 4 is 17.1 Å². The number of rotatable bonds is 12. The lowest BCUT2D eigenvalue weighted by molar-refractivity contribution is 0.485. The predicted molar refractivity (Wildman–Crippen MR) is 131 cm³/mol. The lowest BCUT2D eigenvalue weighted by Crippen LogP contribution is -2.12. The predicted octanol–water partition coefficient (Wildman–Crippen LogP) is 6.66. The first-order valence-electron chi connectivity index (χ1n) is 11.0. The molecule has 0 aliphatic rings. The van der Waals surface area contributed by atoms with Gasteiger partial charge >= 0.3 is 0 Å². The molecule has 0 spiro atoms. The largest absolute Gasteiger partial charge is 0.508 e. The minimum absolute atomic E-state index is 0.0407. The summed E-state index contributed by atoms with van der Waals surface area (Å²) in [6.07, 6.45) is 3.41. The van der Waals surface area contributed by atoms with E-state index >= 15 is 0 Å². The van der Waals surface area contributed by atoms with Crippen LogP contribution < -0.4 is 20.7 Å². The van der Waals surface area contributed by atoms with Crippen LogP contribution in [0.1, 0.15) is 52.5 Å². The van der Waals surface area contributed by atoms with E-state index in [9.17, 15) is 5.11 Å². The van der Waals surface area contributed by atoms with Crippen molar-refractivity contribution in [2.24, 2.45) is 0 Å². The average Bonchev–Trinajstić information content (AvgIpc) is 2.75. The molecule has 0 aliphatic heterocycles. The Kier molecular flexibility index (Phi) is 12.9. The first kappa shape index (κ1) is 25.4. The van der Waals surface area contributed by atoms with Gasteiger partial charge in [0.1, 0.15) is 11.5 Å². The monoisotopic (exact) mass is 413 g/mol. The maximum absolute atomic E-state index is 9.80. The van der Waals surface area contributed by atoms with Gasteiger partial charge in [-0.25, -0.2) is 0 Å². The number of nitrogens with one attached hydrogen (secondary N) is 3. The molecule has 5 nitrogen and oxygen atoms in total. The van der Waals surface area contributed by atoms with Crippen molar-refractivity contribution < 1.29 is 9.84 Å². The zero-order valence-corrected chi connectivity index (χ0v) is 19.1. The van der Waals surface area contributed by atoms with Gasteiger partial charge in [-0.3, -0.25) is 0 Å². The number of aliphatic hydroxyl groups excluding tert-OH is 1. The van der Waals surface area contributed by atoms with Gasteiger partial charge in [-0.05, 0) is 57.1 Å². The quantitative estimate of drug-likeness (QED) is 0.231. The highest BCUT2D eigenvalue weighted by atomic mass is 16.5. The molecule has 0 unspecified atom stereocenters. The zero-order valence-electron chi connectivity index (χ0n) is 19.1. The van der Waals surface area contributed by atoms with Gasteiger partial charge in [-0.1, -0.05) is 52.0 Å². The molecule has 0 saturated carbocycles. The van der Waals surface area contributed by atoms with Crippen LogP contribution in [0.3, 0.4) is 0 Å².